The molecule has 2 nitrogen and oxygen atoms in total. The Labute approximate surface area is 219 Å². The van der Waals surface area contributed by atoms with Crippen molar-refractivity contribution < 1.29 is 4.74 Å². The number of ether oxygens (including phenoxy) is 1. The van der Waals surface area contributed by atoms with Gasteiger partial charge in [0.25, 0.3) is 0 Å². The second-order valence-electron chi connectivity index (χ2n) is 8.98. The highest BCUT2D eigenvalue weighted by molar-refractivity contribution is 7.80. The van der Waals surface area contributed by atoms with Crippen LogP contribution in [0.2, 0.25) is 0 Å². The average molecular weight is 498 g/mol. The first-order chi connectivity index (χ1) is 18.3. The lowest BCUT2D eigenvalue weighted by atomic mass is 9.93. The molecule has 0 aliphatic carbocycles. The summed E-state index contributed by atoms with van der Waals surface area (Å²) in [6, 6.07) is 47.9. The van der Waals surface area contributed by atoms with E-state index in [1.165, 1.54) is 43.0 Å². The van der Waals surface area contributed by atoms with Gasteiger partial charge in [-0.2, -0.15) is 0 Å². The number of nitrogens with two attached hydrogens (primary N) is 1. The largest absolute Gasteiger partial charge is 0.492 e. The molecule has 0 fully saturated rings. The number of hydrogen-bond acceptors (Lipinski definition) is 2. The maximum absolute atomic E-state index is 6.33. The summed E-state index contributed by atoms with van der Waals surface area (Å²) in [5, 5.41) is 8.80. The third kappa shape index (κ3) is 4.51. The van der Waals surface area contributed by atoms with Crippen molar-refractivity contribution in [1.29, 1.82) is 0 Å². The third-order valence-corrected chi connectivity index (χ3v) is 9.18. The molecule has 0 saturated heterocycles. The van der Waals surface area contributed by atoms with Crippen molar-refractivity contribution in [2.24, 2.45) is 5.73 Å². The molecule has 0 unspecified atom stereocenters. The van der Waals surface area contributed by atoms with Gasteiger partial charge in [-0.3, -0.25) is 0 Å². The van der Waals surface area contributed by atoms with Crippen LogP contribution in [0, 0.1) is 0 Å². The first-order valence-corrected chi connectivity index (χ1v) is 14.0. The smallest absolute Gasteiger partial charge is 0.127 e. The Balaban J connectivity index is 1.74. The molecule has 3 heteroatoms. The van der Waals surface area contributed by atoms with E-state index in [1.54, 1.807) is 0 Å². The zero-order chi connectivity index (χ0) is 25.0. The Bertz CT molecular complexity index is 1620. The van der Waals surface area contributed by atoms with Crippen molar-refractivity contribution >= 4 is 45.4 Å². The van der Waals surface area contributed by atoms with E-state index in [-0.39, 0.29) is 0 Å². The quantitative estimate of drug-likeness (QED) is 0.248. The second kappa shape index (κ2) is 10.6. The van der Waals surface area contributed by atoms with Gasteiger partial charge in [-0.15, -0.1) is 0 Å². The normalized spacial score (nSPS) is 11.3. The predicted molar refractivity (Wildman–Crippen MR) is 160 cm³/mol. The summed E-state index contributed by atoms with van der Waals surface area (Å²) in [5.74, 6) is 0.873. The zero-order valence-electron chi connectivity index (χ0n) is 20.5. The lowest BCUT2D eigenvalue weighted by Crippen LogP contribution is -2.22. The molecule has 37 heavy (non-hydrogen) atoms. The lowest BCUT2D eigenvalue weighted by Gasteiger charge is -2.25. The highest BCUT2D eigenvalue weighted by Crippen LogP contribution is 2.45. The molecule has 0 atom stereocenters. The molecule has 0 aliphatic heterocycles. The topological polar surface area (TPSA) is 35.2 Å². The fraction of sp³-hybridized carbons (Fsp3) is 0.0588. The van der Waals surface area contributed by atoms with E-state index < -0.39 is 7.92 Å². The zero-order valence-corrected chi connectivity index (χ0v) is 21.4. The van der Waals surface area contributed by atoms with Crippen LogP contribution in [-0.2, 0) is 0 Å². The molecule has 2 N–H and O–H groups in total. The van der Waals surface area contributed by atoms with Gasteiger partial charge in [0.1, 0.15) is 12.4 Å². The van der Waals surface area contributed by atoms with Crippen LogP contribution < -0.4 is 26.4 Å². The summed E-state index contributed by atoms with van der Waals surface area (Å²) in [4.78, 5) is 0. The maximum Gasteiger partial charge on any atom is 0.127 e. The van der Waals surface area contributed by atoms with Gasteiger partial charge in [0, 0.05) is 17.7 Å². The van der Waals surface area contributed by atoms with E-state index in [0.717, 1.165) is 11.3 Å². The van der Waals surface area contributed by atoms with Crippen LogP contribution in [0.15, 0.2) is 133 Å². The predicted octanol–water partition coefficient (Wildman–Crippen LogP) is 6.76. The number of hydrogen-bond donors (Lipinski definition) is 1. The summed E-state index contributed by atoms with van der Waals surface area (Å²) in [6.45, 7) is 0.937. The van der Waals surface area contributed by atoms with E-state index in [9.17, 15) is 0 Å². The molecular formula is C34H28NOP. The average Bonchev–Trinajstić information content (AvgIpc) is 2.97. The molecule has 0 bridgehead atoms. The van der Waals surface area contributed by atoms with E-state index in [4.69, 9.17) is 10.5 Å². The van der Waals surface area contributed by atoms with E-state index in [0.29, 0.717) is 13.2 Å². The fourth-order valence-electron chi connectivity index (χ4n) is 5.09. The monoisotopic (exact) mass is 497 g/mol. The van der Waals surface area contributed by atoms with Crippen molar-refractivity contribution in [1.82, 2.24) is 0 Å². The fourth-order valence-corrected chi connectivity index (χ4v) is 7.56. The Morgan fingerprint density at radius 1 is 0.514 bits per heavy atom. The lowest BCUT2D eigenvalue weighted by molar-refractivity contribution is 0.330. The molecular weight excluding hydrogens is 469 g/mol. The molecule has 0 spiro atoms. The summed E-state index contributed by atoms with van der Waals surface area (Å²) in [7, 11) is -0.825. The van der Waals surface area contributed by atoms with Crippen LogP contribution in [0.3, 0.4) is 0 Å². The molecule has 0 radical (unpaired) electrons. The van der Waals surface area contributed by atoms with Crippen LogP contribution in [0.5, 0.6) is 5.75 Å². The number of benzene rings is 6. The number of rotatable bonds is 7. The van der Waals surface area contributed by atoms with Gasteiger partial charge in [0.15, 0.2) is 0 Å². The van der Waals surface area contributed by atoms with Crippen LogP contribution in [-0.4, -0.2) is 13.2 Å². The van der Waals surface area contributed by atoms with Crippen molar-refractivity contribution in [3.8, 4) is 16.9 Å². The molecule has 180 valence electrons. The molecule has 0 aromatic heterocycles. The van der Waals surface area contributed by atoms with E-state index in [2.05, 4.69) is 133 Å². The minimum Gasteiger partial charge on any atom is -0.492 e. The van der Waals surface area contributed by atoms with Crippen molar-refractivity contribution in [3.05, 3.63) is 133 Å². The molecule has 6 rings (SSSR count). The summed E-state index contributed by atoms with van der Waals surface area (Å²) in [5.41, 5.74) is 8.25. The third-order valence-electron chi connectivity index (χ3n) is 6.69. The first kappa shape index (κ1) is 23.4. The van der Waals surface area contributed by atoms with Gasteiger partial charge in [0.2, 0.25) is 0 Å². The second-order valence-corrected chi connectivity index (χ2v) is 11.2. The van der Waals surface area contributed by atoms with Crippen molar-refractivity contribution in [2.45, 2.75) is 0 Å². The van der Waals surface area contributed by atoms with E-state index in [1.807, 2.05) is 0 Å². The van der Waals surface area contributed by atoms with Gasteiger partial charge >= 0.3 is 0 Å². The van der Waals surface area contributed by atoms with Crippen molar-refractivity contribution in [2.75, 3.05) is 13.2 Å². The highest BCUT2D eigenvalue weighted by Gasteiger charge is 2.24. The van der Waals surface area contributed by atoms with E-state index >= 15 is 0 Å². The highest BCUT2D eigenvalue weighted by atomic mass is 31.1. The minimum absolute atomic E-state index is 0.468. The molecule has 0 aliphatic rings. The Morgan fingerprint density at radius 2 is 1.03 bits per heavy atom. The van der Waals surface area contributed by atoms with Crippen LogP contribution in [0.25, 0.3) is 32.7 Å². The molecule has 6 aromatic carbocycles. The first-order valence-electron chi connectivity index (χ1n) is 12.6. The molecule has 0 amide bonds. The summed E-state index contributed by atoms with van der Waals surface area (Å²) in [6.07, 6.45) is 0. The SMILES string of the molecule is NCCOc1ccc2ccccc2c1-c1c(P(c2ccccc2)c2ccccc2)ccc2ccccc12. The maximum atomic E-state index is 6.33. The number of fused-ring (bicyclic) bond motifs is 2. The Kier molecular flexibility index (Phi) is 6.69. The Morgan fingerprint density at radius 3 is 1.62 bits per heavy atom. The van der Waals surface area contributed by atoms with Gasteiger partial charge < -0.3 is 10.5 Å². The van der Waals surface area contributed by atoms with Crippen LogP contribution in [0.4, 0.5) is 0 Å². The minimum atomic E-state index is -0.825. The Hall–Kier alpha value is -3.97. The van der Waals surface area contributed by atoms with Gasteiger partial charge in [-0.1, -0.05) is 127 Å². The summed E-state index contributed by atoms with van der Waals surface area (Å²) < 4.78 is 6.33. The van der Waals surface area contributed by atoms with Crippen LogP contribution >= 0.6 is 7.92 Å². The van der Waals surface area contributed by atoms with Crippen molar-refractivity contribution in [3.63, 3.8) is 0 Å². The van der Waals surface area contributed by atoms with Crippen LogP contribution in [0.1, 0.15) is 0 Å². The summed E-state index contributed by atoms with van der Waals surface area (Å²) >= 11 is 0. The standard InChI is InChI=1S/C34H28NOP/c35-23-24-36-31-21-19-25-11-7-9-17-29(25)33(31)34-30-18-10-8-12-26(30)20-22-32(34)37(27-13-3-1-4-14-27)28-15-5-2-6-16-28/h1-22H,23-24,35H2. The van der Waals surface area contributed by atoms with Gasteiger partial charge in [0.05, 0.1) is 0 Å². The molecule has 6 aromatic rings. The molecule has 0 heterocycles. The van der Waals surface area contributed by atoms with Gasteiger partial charge in [-0.25, -0.2) is 0 Å². The molecule has 0 saturated carbocycles. The van der Waals surface area contributed by atoms with Gasteiger partial charge in [-0.05, 0) is 51.4 Å².